The summed E-state index contributed by atoms with van der Waals surface area (Å²) in [4.78, 5) is 76.2. The molecule has 0 saturated carbocycles. The third-order valence-electron chi connectivity index (χ3n) is 15.5. The Labute approximate surface area is 646 Å². The first-order chi connectivity index (χ1) is 51.3. The normalized spacial score (nSPS) is 15.1. The van der Waals surface area contributed by atoms with E-state index in [0.717, 1.165) is 110 Å². The Morgan fingerprint density at radius 2 is 0.606 bits per heavy atom. The van der Waals surface area contributed by atoms with E-state index in [9.17, 15) is 36.0 Å². The van der Waals surface area contributed by atoms with Gasteiger partial charge in [0, 0.05) is 117 Å². The van der Waals surface area contributed by atoms with Crippen LogP contribution >= 0.6 is 23.5 Å². The predicted octanol–water partition coefficient (Wildman–Crippen LogP) is 9.13. The number of amides is 2. The van der Waals surface area contributed by atoms with E-state index in [1.54, 1.807) is 67.8 Å². The molecule has 109 heavy (non-hydrogen) atoms. The average Bonchev–Trinajstić information content (AvgIpc) is 1.67. The van der Waals surface area contributed by atoms with Gasteiger partial charge in [0.25, 0.3) is 10.3 Å². The van der Waals surface area contributed by atoms with Crippen LogP contribution in [0.5, 0.6) is 0 Å². The molecule has 0 spiro atoms. The van der Waals surface area contributed by atoms with Gasteiger partial charge in [-0.3, -0.25) is 0 Å². The number of piperazine rings is 4. The minimum atomic E-state index is -3.55. The average molecular weight is 1580 g/mol. The smallest absolute Gasteiger partial charge is 0.444 e. The Morgan fingerprint density at radius 3 is 0.853 bits per heavy atom. The highest BCUT2D eigenvalue weighted by atomic mass is 32.2. The van der Waals surface area contributed by atoms with Crippen molar-refractivity contribution in [1.29, 1.82) is 0 Å². The third kappa shape index (κ3) is 26.3. The van der Waals surface area contributed by atoms with Crippen molar-refractivity contribution < 1.29 is 59.7 Å². The Kier molecular flexibility index (Phi) is 29.4. The molecule has 4 aromatic carbocycles. The summed E-state index contributed by atoms with van der Waals surface area (Å²) >= 11 is 3.10. The van der Waals surface area contributed by atoms with Crippen molar-refractivity contribution in [1.82, 2.24) is 79.5 Å². The molecule has 4 aliphatic rings. The van der Waals surface area contributed by atoms with Gasteiger partial charge in [0.05, 0.1) is 22.7 Å². The minimum Gasteiger partial charge on any atom is -0.444 e. The fourth-order valence-corrected chi connectivity index (χ4v) is 12.2. The Balaban J connectivity index is 0.000000174. The van der Waals surface area contributed by atoms with Crippen molar-refractivity contribution in [2.45, 2.75) is 126 Å². The van der Waals surface area contributed by atoms with Crippen molar-refractivity contribution in [3.05, 3.63) is 121 Å². The molecule has 37 heteroatoms. The van der Waals surface area contributed by atoms with Gasteiger partial charge in [-0.25, -0.2) is 36.0 Å². The molecule has 8 heterocycles. The zero-order valence-corrected chi connectivity index (χ0v) is 68.1. The molecule has 0 atom stereocenters. The molecule has 33 nitrogen and oxygen atoms in total. The van der Waals surface area contributed by atoms with Crippen LogP contribution in [0.15, 0.2) is 142 Å². The lowest BCUT2D eigenvalue weighted by molar-refractivity contribution is -0.0295. The maximum atomic E-state index is 12.3. The van der Waals surface area contributed by atoms with Gasteiger partial charge in [0.2, 0.25) is 53.8 Å². The van der Waals surface area contributed by atoms with Gasteiger partial charge >= 0.3 is 24.5 Å². The molecular formula is C72H102N20O13S4. The second kappa shape index (κ2) is 37.7. The van der Waals surface area contributed by atoms with Crippen LogP contribution in [0.3, 0.4) is 0 Å². The number of benzene rings is 4. The minimum absolute atomic E-state index is 0.139. The Hall–Kier alpha value is -9.56. The van der Waals surface area contributed by atoms with Crippen LogP contribution in [0.4, 0.5) is 43.0 Å². The molecule has 4 aromatic heterocycles. The van der Waals surface area contributed by atoms with Crippen molar-refractivity contribution in [2.24, 2.45) is 0 Å². The molecule has 0 radical (unpaired) electrons. The second-order valence-electron chi connectivity index (χ2n) is 29.1. The summed E-state index contributed by atoms with van der Waals surface area (Å²) in [7, 11) is -6.99. The number of carbonyl (C=O) groups is 4. The lowest BCUT2D eigenvalue weighted by Gasteiger charge is -2.35. The molecule has 8 aromatic rings. The lowest BCUT2D eigenvalue weighted by Crippen LogP contribution is -2.50. The maximum Gasteiger partial charge on any atom is 0.519 e. The molecule has 0 unspecified atom stereocenters. The van der Waals surface area contributed by atoms with Gasteiger partial charge in [-0.1, -0.05) is 96.3 Å². The van der Waals surface area contributed by atoms with Gasteiger partial charge in [-0.2, -0.15) is 38.7 Å². The molecule has 4 saturated heterocycles. The highest BCUT2D eigenvalue weighted by Gasteiger charge is 2.33. The summed E-state index contributed by atoms with van der Waals surface area (Å²) in [6, 6.07) is 38.8. The van der Waals surface area contributed by atoms with E-state index in [1.165, 1.54) is 16.4 Å². The first-order valence-electron chi connectivity index (χ1n) is 35.4. The number of para-hydroxylation sites is 4. The molecule has 4 aliphatic heterocycles. The van der Waals surface area contributed by atoms with Crippen molar-refractivity contribution in [2.75, 3.05) is 149 Å². The Morgan fingerprint density at radius 1 is 0.358 bits per heavy atom. The highest BCUT2D eigenvalue weighted by molar-refractivity contribution is 7.98. The van der Waals surface area contributed by atoms with Gasteiger partial charge in [0.15, 0.2) is 0 Å². The number of hydrogen-bond acceptors (Lipinski definition) is 29. The first kappa shape index (κ1) is 85.1. The highest BCUT2D eigenvalue weighted by Crippen LogP contribution is 2.28. The van der Waals surface area contributed by atoms with E-state index >= 15 is 0 Å². The van der Waals surface area contributed by atoms with Gasteiger partial charge in [0.1, 0.15) is 22.4 Å². The van der Waals surface area contributed by atoms with Crippen LogP contribution in [0, 0.1) is 0 Å². The number of sulfone groups is 2. The van der Waals surface area contributed by atoms with Gasteiger partial charge in [-0.05, 0) is 144 Å². The summed E-state index contributed by atoms with van der Waals surface area (Å²) in [6.45, 7) is 32.8. The Bertz CT molecular complexity index is 4450. The summed E-state index contributed by atoms with van der Waals surface area (Å²) in [6.07, 6.45) is 3.45. The van der Waals surface area contributed by atoms with E-state index < -0.39 is 54.4 Å². The van der Waals surface area contributed by atoms with Crippen molar-refractivity contribution >= 4 is 91.5 Å². The maximum absolute atomic E-state index is 12.3. The number of anilines is 4. The summed E-state index contributed by atoms with van der Waals surface area (Å²) < 4.78 is 79.0. The molecule has 0 aliphatic carbocycles. The third-order valence-corrected chi connectivity index (χ3v) is 18.2. The molecular weight excluding hydrogens is 1480 g/mol. The van der Waals surface area contributed by atoms with Gasteiger partial charge in [-0.15, -0.1) is 20.4 Å². The van der Waals surface area contributed by atoms with E-state index in [0.29, 0.717) is 64.3 Å². The monoisotopic (exact) mass is 1580 g/mol. The predicted molar refractivity (Wildman–Crippen MR) is 419 cm³/mol. The number of thioether (sulfide) groups is 2. The number of hydrogen-bond donors (Lipinski definition) is 2. The SMILES string of the molecule is CC(C)(C)OC(=O)N1CCN(c2nc(S(C)(=O)=O)nn2-c2ccccc2)CC1.CC(C)(C)OC(=O)OC(=O)OC(C)(C)C.CS(=O)(=O)c1nc(N2CCNCC2)n(-c2ccccc2)n1.CSc1nc(N2CCN(C(=O)OC(C)(C)C)CC2)n(-c2ccccc2)n1.CSc1nc(N2CCNCC2)n(-c2ccccc2)n1. The van der Waals surface area contributed by atoms with E-state index in [2.05, 4.69) is 77.6 Å². The lowest BCUT2D eigenvalue weighted by atomic mass is 10.2. The molecule has 0 bridgehead atoms. The summed E-state index contributed by atoms with van der Waals surface area (Å²) in [5.74, 6) is 2.76. The zero-order valence-electron chi connectivity index (χ0n) is 64.9. The molecule has 2 amide bonds. The zero-order chi connectivity index (χ0) is 79.5. The molecule has 592 valence electrons. The van der Waals surface area contributed by atoms with Crippen LogP contribution in [0.25, 0.3) is 22.7 Å². The fraction of sp³-hybridized carbons (Fsp3) is 0.500. The number of ether oxygens (including phenoxy) is 5. The van der Waals surface area contributed by atoms with Crippen LogP contribution in [0.2, 0.25) is 0 Å². The van der Waals surface area contributed by atoms with Crippen LogP contribution in [-0.2, 0) is 43.4 Å². The number of rotatable bonds is 12. The summed E-state index contributed by atoms with van der Waals surface area (Å²) in [5.41, 5.74) is 1.13. The number of carbonyl (C=O) groups excluding carboxylic acids is 4. The number of nitrogens with one attached hydrogen (secondary N) is 2. The molecule has 4 fully saturated rings. The summed E-state index contributed by atoms with van der Waals surface area (Å²) in [5, 5.41) is 25.4. The number of aromatic nitrogens is 12. The quantitative estimate of drug-likeness (QED) is 0.0498. The van der Waals surface area contributed by atoms with Crippen LogP contribution in [-0.4, -0.2) is 262 Å². The van der Waals surface area contributed by atoms with Crippen molar-refractivity contribution in [3.8, 4) is 22.7 Å². The van der Waals surface area contributed by atoms with E-state index in [1.807, 2.05) is 182 Å². The standard InChI is InChI=1S/C18H25N5O4S.C18H25N5O2S.C13H17N5O2S.C13H17N5S.C10H18O5/c1-18(2,3)27-17(24)22-12-10-21(11-13-22)16-19-15(28(4,25)26)20-23(16)14-8-6-5-7-9-14;1-18(2,3)25-17(24)22-12-10-21(11-13-22)16-19-15(26-4)20-23(16)14-8-6-5-7-9-14;1-21(19,20)12-15-13(17-9-7-14-8-10-17)18(16-12)11-5-3-2-4-6-11;1-19-12-15-13(17-9-7-14-8-10-17)18(16-12)11-5-3-2-4-6-11;1-9(2,3)14-7(11)13-8(12)15-10(4,5)6/h5-9H,10-13H2,1-4H3;5-9H,10-13H2,1-4H3;2-6,14H,7-10H2,1H3;2-6,14H,7-10H2,1H3;1-6H3. The largest absolute Gasteiger partial charge is 0.519 e. The fourth-order valence-electron chi connectivity index (χ4n) is 10.6. The topological polar surface area (TPSA) is 349 Å². The van der Waals surface area contributed by atoms with E-state index in [4.69, 9.17) is 18.9 Å². The van der Waals surface area contributed by atoms with E-state index in [-0.39, 0.29) is 22.5 Å². The van der Waals surface area contributed by atoms with Crippen molar-refractivity contribution in [3.63, 3.8) is 0 Å². The second-order valence-corrected chi connectivity index (χ2v) is 34.5. The molecule has 12 rings (SSSR count). The molecule has 2 N–H and O–H groups in total. The first-order valence-corrected chi connectivity index (χ1v) is 41.7. The van der Waals surface area contributed by atoms with Gasteiger partial charge < -0.3 is 63.7 Å². The van der Waals surface area contributed by atoms with Crippen LogP contribution in [0.1, 0.15) is 83.1 Å². The van der Waals surface area contributed by atoms with Crippen LogP contribution < -0.4 is 30.2 Å². The number of nitrogens with zero attached hydrogens (tertiary/aromatic N) is 18.